The molecule has 3 rings (SSSR count). The normalized spacial score (nSPS) is 15.4. The Balaban J connectivity index is 2.02. The highest BCUT2D eigenvalue weighted by Gasteiger charge is 2.16. The molecular weight excluding hydrogens is 262 g/mol. The number of fused-ring (bicyclic) bond motifs is 1. The van der Waals surface area contributed by atoms with Crippen LogP contribution in [-0.4, -0.2) is 37.8 Å². The number of aromatic nitrogens is 1. The molecule has 0 bridgehead atoms. The van der Waals surface area contributed by atoms with Crippen LogP contribution < -0.4 is 15.0 Å². The molecule has 21 heavy (non-hydrogen) atoms. The Labute approximate surface area is 126 Å². The van der Waals surface area contributed by atoms with Crippen LogP contribution in [0.25, 0.3) is 10.9 Å². The fourth-order valence-corrected chi connectivity index (χ4v) is 2.86. The smallest absolute Gasteiger partial charge is 0.132 e. The van der Waals surface area contributed by atoms with Crippen molar-refractivity contribution in [2.45, 2.75) is 20.3 Å². The van der Waals surface area contributed by atoms with Crippen molar-refractivity contribution in [3.05, 3.63) is 29.8 Å². The third kappa shape index (κ3) is 2.95. The van der Waals surface area contributed by atoms with E-state index in [0.717, 1.165) is 55.1 Å². The van der Waals surface area contributed by atoms with E-state index in [4.69, 9.17) is 9.72 Å². The molecule has 0 saturated carbocycles. The molecule has 4 heteroatoms. The van der Waals surface area contributed by atoms with Gasteiger partial charge in [-0.2, -0.15) is 0 Å². The van der Waals surface area contributed by atoms with Gasteiger partial charge in [-0.05, 0) is 43.2 Å². The van der Waals surface area contributed by atoms with Gasteiger partial charge < -0.3 is 15.0 Å². The third-order valence-electron chi connectivity index (χ3n) is 3.95. The minimum Gasteiger partial charge on any atom is -0.494 e. The van der Waals surface area contributed by atoms with Crippen molar-refractivity contribution in [2.24, 2.45) is 0 Å². The molecule has 4 nitrogen and oxygen atoms in total. The predicted octanol–water partition coefficient (Wildman–Crippen LogP) is 2.61. The predicted molar refractivity (Wildman–Crippen MR) is 87.4 cm³/mol. The van der Waals surface area contributed by atoms with Gasteiger partial charge in [0.05, 0.1) is 12.1 Å². The molecule has 1 aliphatic heterocycles. The number of pyridine rings is 1. The highest BCUT2D eigenvalue weighted by Crippen LogP contribution is 2.27. The number of aryl methyl sites for hydroxylation is 1. The highest BCUT2D eigenvalue weighted by molar-refractivity contribution is 5.83. The molecule has 1 N–H and O–H groups in total. The summed E-state index contributed by atoms with van der Waals surface area (Å²) in [6, 6.07) is 8.42. The van der Waals surface area contributed by atoms with Crippen LogP contribution in [0.4, 0.5) is 5.82 Å². The van der Waals surface area contributed by atoms with Crippen molar-refractivity contribution in [1.82, 2.24) is 10.3 Å². The number of hydrogen-bond acceptors (Lipinski definition) is 4. The molecule has 2 heterocycles. The first-order valence-electron chi connectivity index (χ1n) is 7.84. The van der Waals surface area contributed by atoms with Gasteiger partial charge in [0.1, 0.15) is 11.6 Å². The Kier molecular flexibility index (Phi) is 4.25. The maximum atomic E-state index is 5.59. The van der Waals surface area contributed by atoms with E-state index < -0.39 is 0 Å². The van der Waals surface area contributed by atoms with Crippen LogP contribution >= 0.6 is 0 Å². The third-order valence-corrected chi connectivity index (χ3v) is 3.95. The number of nitrogens with zero attached hydrogens (tertiary/aromatic N) is 2. The molecular formula is C17H23N3O. The minimum atomic E-state index is 0.693. The second-order valence-electron chi connectivity index (χ2n) is 5.35. The van der Waals surface area contributed by atoms with Gasteiger partial charge in [-0.25, -0.2) is 4.98 Å². The molecule has 0 unspecified atom stereocenters. The monoisotopic (exact) mass is 285 g/mol. The Morgan fingerprint density at radius 3 is 2.71 bits per heavy atom. The Bertz CT molecular complexity index is 621. The molecule has 0 amide bonds. The van der Waals surface area contributed by atoms with Gasteiger partial charge in [0.2, 0.25) is 0 Å². The summed E-state index contributed by atoms with van der Waals surface area (Å²) in [6.07, 6.45) is 1.00. The lowest BCUT2D eigenvalue weighted by Crippen LogP contribution is -2.44. The summed E-state index contributed by atoms with van der Waals surface area (Å²) >= 11 is 0. The van der Waals surface area contributed by atoms with Gasteiger partial charge in [0.15, 0.2) is 0 Å². The number of piperazine rings is 1. The molecule has 2 aromatic rings. The van der Waals surface area contributed by atoms with Gasteiger partial charge in [0, 0.05) is 31.6 Å². The Morgan fingerprint density at radius 2 is 2.00 bits per heavy atom. The number of nitrogens with one attached hydrogen (secondary N) is 1. The van der Waals surface area contributed by atoms with Crippen molar-refractivity contribution in [3.8, 4) is 5.75 Å². The zero-order valence-corrected chi connectivity index (χ0v) is 12.9. The van der Waals surface area contributed by atoms with Crippen molar-refractivity contribution in [2.75, 3.05) is 37.7 Å². The Morgan fingerprint density at radius 1 is 1.19 bits per heavy atom. The molecule has 1 aromatic heterocycles. The van der Waals surface area contributed by atoms with E-state index in [1.54, 1.807) is 0 Å². The molecule has 0 spiro atoms. The first-order chi connectivity index (χ1) is 10.3. The first-order valence-corrected chi connectivity index (χ1v) is 7.84. The summed E-state index contributed by atoms with van der Waals surface area (Å²) < 4.78 is 5.59. The summed E-state index contributed by atoms with van der Waals surface area (Å²) in [5, 5.41) is 4.56. The van der Waals surface area contributed by atoms with Crippen LogP contribution in [-0.2, 0) is 6.42 Å². The highest BCUT2D eigenvalue weighted by atomic mass is 16.5. The number of hydrogen-bond donors (Lipinski definition) is 1. The fraction of sp³-hybridized carbons (Fsp3) is 0.471. The van der Waals surface area contributed by atoms with Crippen LogP contribution in [0, 0.1) is 0 Å². The summed E-state index contributed by atoms with van der Waals surface area (Å²) in [5.41, 5.74) is 2.36. The summed E-state index contributed by atoms with van der Waals surface area (Å²) in [6.45, 7) is 9.02. The van der Waals surface area contributed by atoms with Crippen molar-refractivity contribution >= 4 is 16.7 Å². The topological polar surface area (TPSA) is 37.4 Å². The standard InChI is InChI=1S/C17H23N3O/c1-3-13-11-14-12-15(21-4-2)5-6-16(14)19-17(13)20-9-7-18-8-10-20/h5-6,11-12,18H,3-4,7-10H2,1-2H3. The van der Waals surface area contributed by atoms with Crippen molar-refractivity contribution < 1.29 is 4.74 Å². The van der Waals surface area contributed by atoms with Gasteiger partial charge in [-0.3, -0.25) is 0 Å². The van der Waals surface area contributed by atoms with Crippen LogP contribution in [0.5, 0.6) is 5.75 Å². The molecule has 0 aliphatic carbocycles. The number of benzene rings is 1. The van der Waals surface area contributed by atoms with Crippen LogP contribution in [0.2, 0.25) is 0 Å². The van der Waals surface area contributed by atoms with E-state index in [2.05, 4.69) is 35.3 Å². The largest absolute Gasteiger partial charge is 0.494 e. The van der Waals surface area contributed by atoms with Gasteiger partial charge in [-0.15, -0.1) is 0 Å². The van der Waals surface area contributed by atoms with Gasteiger partial charge >= 0.3 is 0 Å². The fourth-order valence-electron chi connectivity index (χ4n) is 2.86. The van der Waals surface area contributed by atoms with E-state index in [1.807, 2.05) is 13.0 Å². The minimum absolute atomic E-state index is 0.693. The maximum absolute atomic E-state index is 5.59. The van der Waals surface area contributed by atoms with E-state index in [-0.39, 0.29) is 0 Å². The quantitative estimate of drug-likeness (QED) is 0.937. The zero-order chi connectivity index (χ0) is 14.7. The lowest BCUT2D eigenvalue weighted by atomic mass is 10.1. The molecule has 1 aromatic carbocycles. The first kappa shape index (κ1) is 14.1. The van der Waals surface area contributed by atoms with Crippen LogP contribution in [0.15, 0.2) is 24.3 Å². The summed E-state index contributed by atoms with van der Waals surface area (Å²) in [4.78, 5) is 7.31. The van der Waals surface area contributed by atoms with Crippen LogP contribution in [0.3, 0.4) is 0 Å². The zero-order valence-electron chi connectivity index (χ0n) is 12.9. The molecule has 1 aliphatic rings. The van der Waals surface area contributed by atoms with E-state index in [1.165, 1.54) is 5.56 Å². The molecule has 112 valence electrons. The molecule has 1 saturated heterocycles. The molecule has 0 radical (unpaired) electrons. The van der Waals surface area contributed by atoms with Crippen molar-refractivity contribution in [3.63, 3.8) is 0 Å². The number of ether oxygens (including phenoxy) is 1. The van der Waals surface area contributed by atoms with E-state index in [0.29, 0.717) is 6.61 Å². The second-order valence-corrected chi connectivity index (χ2v) is 5.35. The summed E-state index contributed by atoms with van der Waals surface area (Å²) in [5.74, 6) is 2.07. The maximum Gasteiger partial charge on any atom is 0.132 e. The SMILES string of the molecule is CCOc1ccc2nc(N3CCNCC3)c(CC)cc2c1. The lowest BCUT2D eigenvalue weighted by Gasteiger charge is -2.30. The van der Waals surface area contributed by atoms with Gasteiger partial charge in [0.25, 0.3) is 0 Å². The average molecular weight is 285 g/mol. The van der Waals surface area contributed by atoms with Crippen molar-refractivity contribution in [1.29, 1.82) is 0 Å². The van der Waals surface area contributed by atoms with E-state index in [9.17, 15) is 0 Å². The van der Waals surface area contributed by atoms with Gasteiger partial charge in [-0.1, -0.05) is 6.92 Å². The number of anilines is 1. The lowest BCUT2D eigenvalue weighted by molar-refractivity contribution is 0.340. The van der Waals surface area contributed by atoms with Crippen LogP contribution in [0.1, 0.15) is 19.4 Å². The number of rotatable bonds is 4. The second kappa shape index (κ2) is 6.31. The summed E-state index contributed by atoms with van der Waals surface area (Å²) in [7, 11) is 0. The average Bonchev–Trinajstić information content (AvgIpc) is 2.54. The Hall–Kier alpha value is -1.81. The van der Waals surface area contributed by atoms with E-state index >= 15 is 0 Å². The molecule has 0 atom stereocenters. The molecule has 1 fully saturated rings.